The number of hydrogen-bond donors (Lipinski definition) is 2. The van der Waals surface area contributed by atoms with Gasteiger partial charge in [0.25, 0.3) is 11.8 Å². The summed E-state index contributed by atoms with van der Waals surface area (Å²) in [7, 11) is 0. The Hall–Kier alpha value is -2.71. The maximum Gasteiger partial charge on any atom is 0.281 e. The molecule has 1 aromatic rings. The van der Waals surface area contributed by atoms with Crippen molar-refractivity contribution in [3.63, 3.8) is 0 Å². The number of nitrogens with one attached hydrogen (secondary N) is 1. The first-order valence-electron chi connectivity index (χ1n) is 15.8. The van der Waals surface area contributed by atoms with Crippen LogP contribution in [0.25, 0.3) is 5.57 Å². The second-order valence-electron chi connectivity index (χ2n) is 13.7. The van der Waals surface area contributed by atoms with Crippen LogP contribution < -0.4 is 5.32 Å². The molecule has 7 rings (SSSR count). The summed E-state index contributed by atoms with van der Waals surface area (Å²) in [4.78, 5) is 45.1. The number of nitrogens with zero attached hydrogens (tertiary/aromatic N) is 2. The largest absolute Gasteiger partial charge is 0.347 e. The molecule has 1 unspecified atom stereocenters. The number of rotatable bonds is 5. The predicted molar refractivity (Wildman–Crippen MR) is 153 cm³/mol. The van der Waals surface area contributed by atoms with Gasteiger partial charge in [-0.2, -0.15) is 0 Å². The fraction of sp³-hybridized carbons (Fsp3) is 0.667. The van der Waals surface area contributed by atoms with Crippen LogP contribution in [0, 0.1) is 23.7 Å². The molecule has 3 saturated heterocycles. The minimum absolute atomic E-state index is 0.131. The van der Waals surface area contributed by atoms with E-state index < -0.39 is 35.5 Å². The van der Waals surface area contributed by atoms with E-state index in [1.807, 2.05) is 27.7 Å². The molecule has 8 atom stereocenters. The molecule has 4 fully saturated rings. The molecule has 3 aliphatic heterocycles. The topological polar surface area (TPSA) is 99.2 Å². The molecule has 8 nitrogen and oxygen atoms in total. The first-order valence-corrected chi connectivity index (χ1v) is 15.8. The van der Waals surface area contributed by atoms with Crippen molar-refractivity contribution in [1.29, 1.82) is 0 Å². The summed E-state index contributed by atoms with van der Waals surface area (Å²) in [5.41, 5.74) is 3.91. The van der Waals surface area contributed by atoms with Crippen LogP contribution in [0.3, 0.4) is 0 Å². The summed E-state index contributed by atoms with van der Waals surface area (Å²) in [5, 5.41) is 15.2. The fourth-order valence-corrected chi connectivity index (χ4v) is 8.89. The Morgan fingerprint density at radius 1 is 1.20 bits per heavy atom. The van der Waals surface area contributed by atoms with Crippen LogP contribution in [-0.4, -0.2) is 62.9 Å². The molecule has 2 N–H and O–H groups in total. The summed E-state index contributed by atoms with van der Waals surface area (Å²) >= 11 is 0. The Labute approximate surface area is 242 Å². The van der Waals surface area contributed by atoms with E-state index in [2.05, 4.69) is 29.6 Å². The second kappa shape index (κ2) is 9.40. The van der Waals surface area contributed by atoms with E-state index in [4.69, 9.17) is 4.74 Å². The van der Waals surface area contributed by atoms with Gasteiger partial charge < -0.3 is 15.3 Å². The van der Waals surface area contributed by atoms with Crippen molar-refractivity contribution in [2.75, 3.05) is 6.54 Å². The van der Waals surface area contributed by atoms with E-state index in [9.17, 15) is 19.5 Å². The lowest BCUT2D eigenvalue weighted by atomic mass is 9.64. The van der Waals surface area contributed by atoms with Crippen LogP contribution in [0.4, 0.5) is 0 Å². The minimum Gasteiger partial charge on any atom is -0.347 e. The van der Waals surface area contributed by atoms with Gasteiger partial charge in [-0.1, -0.05) is 58.4 Å². The maximum atomic E-state index is 14.4. The number of hydrogen-bond acceptors (Lipinski definition) is 5. The van der Waals surface area contributed by atoms with Gasteiger partial charge in [-0.05, 0) is 85.0 Å². The number of allylic oxidation sites excluding steroid dienone is 2. The van der Waals surface area contributed by atoms with Gasteiger partial charge in [0, 0.05) is 18.4 Å². The van der Waals surface area contributed by atoms with Gasteiger partial charge in [-0.15, -0.1) is 0 Å². The molecule has 3 heterocycles. The van der Waals surface area contributed by atoms with Crippen molar-refractivity contribution in [3.8, 4) is 0 Å². The molecule has 6 aliphatic rings. The van der Waals surface area contributed by atoms with Gasteiger partial charge in [0.1, 0.15) is 12.1 Å². The molecule has 0 bridgehead atoms. The number of carbonyl (C=O) groups is 3. The Balaban J connectivity index is 1.19. The number of aliphatic hydroxyl groups is 1. The van der Waals surface area contributed by atoms with E-state index >= 15 is 0 Å². The highest BCUT2D eigenvalue weighted by Gasteiger charge is 2.72. The number of amides is 3. The number of ether oxygens (including phenoxy) is 1. The third-order valence-corrected chi connectivity index (χ3v) is 11.3. The predicted octanol–water partition coefficient (Wildman–Crippen LogP) is 3.92. The summed E-state index contributed by atoms with van der Waals surface area (Å²) in [6, 6.07) is 5.13. The number of benzene rings is 1. The summed E-state index contributed by atoms with van der Waals surface area (Å²) in [5.74, 6) is -2.84. The van der Waals surface area contributed by atoms with Crippen LogP contribution in [-0.2, 0) is 25.5 Å². The highest BCUT2D eigenvalue weighted by atomic mass is 16.7. The first-order chi connectivity index (χ1) is 19.6. The van der Waals surface area contributed by atoms with Gasteiger partial charge in [0.2, 0.25) is 17.5 Å². The number of carbonyl (C=O) groups excluding carboxylic acids is 3. The van der Waals surface area contributed by atoms with Crippen molar-refractivity contribution in [2.24, 2.45) is 23.7 Å². The van der Waals surface area contributed by atoms with Gasteiger partial charge in [-0.3, -0.25) is 24.0 Å². The van der Waals surface area contributed by atoms with Crippen molar-refractivity contribution in [2.45, 2.75) is 109 Å². The lowest BCUT2D eigenvalue weighted by Gasteiger charge is -2.50. The lowest BCUT2D eigenvalue weighted by molar-refractivity contribution is -0.324. The van der Waals surface area contributed by atoms with Gasteiger partial charge in [-0.25, -0.2) is 0 Å². The Morgan fingerprint density at radius 3 is 2.76 bits per heavy atom. The van der Waals surface area contributed by atoms with E-state index in [0.29, 0.717) is 31.2 Å². The molecule has 0 radical (unpaired) electrons. The van der Waals surface area contributed by atoms with Gasteiger partial charge in [0.05, 0.1) is 0 Å². The van der Waals surface area contributed by atoms with Crippen molar-refractivity contribution in [1.82, 2.24) is 15.1 Å². The molecular weight excluding hydrogens is 518 g/mol. The Bertz CT molecular complexity index is 1340. The van der Waals surface area contributed by atoms with E-state index in [-0.39, 0.29) is 23.7 Å². The van der Waals surface area contributed by atoms with Crippen molar-refractivity contribution >= 4 is 23.3 Å². The zero-order chi connectivity index (χ0) is 28.8. The normalized spacial score (nSPS) is 37.9. The summed E-state index contributed by atoms with van der Waals surface area (Å²) in [6.07, 6.45) is 8.86. The lowest BCUT2D eigenvalue weighted by Crippen LogP contribution is -2.72. The van der Waals surface area contributed by atoms with Crippen LogP contribution in [0.1, 0.15) is 95.2 Å². The van der Waals surface area contributed by atoms with Crippen LogP contribution in [0.2, 0.25) is 0 Å². The number of fused-ring (bicyclic) bond motifs is 5. The van der Waals surface area contributed by atoms with Crippen LogP contribution in [0.5, 0.6) is 0 Å². The Morgan fingerprint density at radius 2 is 2.00 bits per heavy atom. The summed E-state index contributed by atoms with van der Waals surface area (Å²) < 4.78 is 6.46. The zero-order valence-corrected chi connectivity index (χ0v) is 24.7. The molecule has 41 heavy (non-hydrogen) atoms. The average molecular weight is 562 g/mol. The van der Waals surface area contributed by atoms with E-state index in [1.54, 1.807) is 4.90 Å². The van der Waals surface area contributed by atoms with Crippen molar-refractivity contribution < 1.29 is 24.2 Å². The zero-order valence-electron chi connectivity index (χ0n) is 24.7. The monoisotopic (exact) mass is 561 g/mol. The molecule has 0 spiro atoms. The highest BCUT2D eigenvalue weighted by molar-refractivity contribution is 5.97. The molecule has 0 aromatic heterocycles. The standard InChI is InChI=1S/C33H43N3O5/c1-5-19(4)28-30(38)35-15-7-10-26(35)33(40)36(28)31(39)32(41-33,18(2)3)34-29(37)23-14-12-21-16-22-13-11-20-8-6-9-24(27(20)22)25(21)17-23/h6,8-9,13,18-19,21,23,25-26,28,40H,5,7,10-12,14-17H2,1-4H3,(H,34,37)/t19?,21-,23+,25+,26+,28+,32-,33+/m1/s1. The van der Waals surface area contributed by atoms with Gasteiger partial charge >= 0.3 is 0 Å². The molecule has 3 amide bonds. The fourth-order valence-electron chi connectivity index (χ4n) is 8.89. The molecule has 3 aliphatic carbocycles. The first kappa shape index (κ1) is 27.1. The van der Waals surface area contributed by atoms with E-state index in [1.165, 1.54) is 27.2 Å². The minimum atomic E-state index is -1.97. The quantitative estimate of drug-likeness (QED) is 0.568. The molecule has 8 heteroatoms. The molecule has 1 saturated carbocycles. The SMILES string of the molecule is CCC(C)[C@H]1C(=O)N2CCC[C@H]2[C@]2(O)O[C@](NC(=O)[C@H]3CC[C@@H]4CC5=CCc6cccc(c65)[C@H]4C3)(C(C)C)C(=O)N12. The highest BCUT2D eigenvalue weighted by Crippen LogP contribution is 2.53. The Kier molecular flexibility index (Phi) is 6.22. The smallest absolute Gasteiger partial charge is 0.281 e. The molecule has 1 aromatic carbocycles. The van der Waals surface area contributed by atoms with Crippen molar-refractivity contribution in [3.05, 3.63) is 41.0 Å². The third-order valence-electron chi connectivity index (χ3n) is 11.3. The van der Waals surface area contributed by atoms with E-state index in [0.717, 1.165) is 38.5 Å². The van der Waals surface area contributed by atoms with Crippen LogP contribution in [0.15, 0.2) is 24.3 Å². The maximum absolute atomic E-state index is 14.4. The average Bonchev–Trinajstić information content (AvgIpc) is 3.67. The number of piperazine rings is 1. The van der Waals surface area contributed by atoms with Gasteiger partial charge in [0.15, 0.2) is 0 Å². The molecule has 220 valence electrons. The molecular formula is C33H43N3O5. The van der Waals surface area contributed by atoms with Crippen LogP contribution >= 0.6 is 0 Å². The second-order valence-corrected chi connectivity index (χ2v) is 13.7. The summed E-state index contributed by atoms with van der Waals surface area (Å²) in [6.45, 7) is 8.13. The third kappa shape index (κ3) is 3.68.